The maximum absolute atomic E-state index is 10.7. The summed E-state index contributed by atoms with van der Waals surface area (Å²) in [6.07, 6.45) is 3.41. The summed E-state index contributed by atoms with van der Waals surface area (Å²) in [6, 6.07) is 0. The first-order chi connectivity index (χ1) is 5.83. The summed E-state index contributed by atoms with van der Waals surface area (Å²) in [7, 11) is 3.22. The van der Waals surface area contributed by atoms with E-state index in [1.807, 2.05) is 0 Å². The summed E-state index contributed by atoms with van der Waals surface area (Å²) in [4.78, 5) is 12.3. The average molecular weight is 173 g/mol. The number of likely N-dealkylation sites (tertiary alicyclic amines) is 1. The first kappa shape index (κ1) is 9.48. The zero-order valence-electron chi connectivity index (χ0n) is 7.53. The van der Waals surface area contributed by atoms with Gasteiger partial charge >= 0.3 is 0 Å². The van der Waals surface area contributed by atoms with Crippen LogP contribution in [0.2, 0.25) is 0 Å². The Morgan fingerprint density at radius 3 is 2.08 bits per heavy atom. The Morgan fingerprint density at radius 2 is 1.75 bits per heavy atom. The minimum atomic E-state index is -0.110. The van der Waals surface area contributed by atoms with E-state index in [4.69, 9.17) is 9.47 Å². The van der Waals surface area contributed by atoms with Crippen molar-refractivity contribution in [2.45, 2.75) is 31.7 Å². The molecule has 4 nitrogen and oxygen atoms in total. The summed E-state index contributed by atoms with van der Waals surface area (Å²) in [5.74, 6) is 0. The van der Waals surface area contributed by atoms with E-state index in [2.05, 4.69) is 0 Å². The first-order valence-electron chi connectivity index (χ1n) is 4.11. The minimum Gasteiger partial charge on any atom is -0.361 e. The topological polar surface area (TPSA) is 38.8 Å². The van der Waals surface area contributed by atoms with Crippen LogP contribution in [0.5, 0.6) is 0 Å². The number of carbonyl (C=O) groups excluding carboxylic acids is 1. The molecule has 0 aliphatic carbocycles. The number of carbonyl (C=O) groups is 1. The van der Waals surface area contributed by atoms with E-state index in [1.165, 1.54) is 0 Å². The zero-order valence-corrected chi connectivity index (χ0v) is 7.53. The second kappa shape index (κ2) is 4.42. The molecule has 0 spiro atoms. The quantitative estimate of drug-likeness (QED) is 0.586. The van der Waals surface area contributed by atoms with Crippen molar-refractivity contribution in [1.82, 2.24) is 4.90 Å². The fourth-order valence-electron chi connectivity index (χ4n) is 1.57. The van der Waals surface area contributed by atoms with Crippen LogP contribution in [0, 0.1) is 0 Å². The molecule has 0 radical (unpaired) electrons. The lowest BCUT2D eigenvalue weighted by molar-refractivity contribution is -0.168. The van der Waals surface area contributed by atoms with Crippen LogP contribution in [-0.4, -0.2) is 38.0 Å². The molecule has 1 amide bonds. The van der Waals surface area contributed by atoms with Gasteiger partial charge in [0.25, 0.3) is 0 Å². The molecule has 1 rings (SSSR count). The van der Waals surface area contributed by atoms with Gasteiger partial charge < -0.3 is 9.47 Å². The van der Waals surface area contributed by atoms with Gasteiger partial charge in [0.05, 0.1) is 0 Å². The monoisotopic (exact) mass is 173 g/mol. The number of nitrogens with zero attached hydrogens (tertiary/aromatic N) is 1. The van der Waals surface area contributed by atoms with Crippen LogP contribution in [0.25, 0.3) is 0 Å². The lowest BCUT2D eigenvalue weighted by Gasteiger charge is -2.37. The maximum Gasteiger partial charge on any atom is 0.213 e. The normalized spacial score (nSPS) is 30.3. The summed E-state index contributed by atoms with van der Waals surface area (Å²) in [5.41, 5.74) is 0. The predicted molar refractivity (Wildman–Crippen MR) is 43.3 cm³/mol. The van der Waals surface area contributed by atoms with Crippen molar-refractivity contribution in [3.05, 3.63) is 0 Å². The number of hydrogen-bond donors (Lipinski definition) is 0. The molecular weight excluding hydrogens is 158 g/mol. The Morgan fingerprint density at radius 1 is 1.25 bits per heavy atom. The van der Waals surface area contributed by atoms with Crippen molar-refractivity contribution >= 4 is 6.41 Å². The summed E-state index contributed by atoms with van der Waals surface area (Å²) < 4.78 is 10.3. The van der Waals surface area contributed by atoms with Gasteiger partial charge in [0.2, 0.25) is 6.41 Å². The molecule has 0 aromatic rings. The highest BCUT2D eigenvalue weighted by molar-refractivity contribution is 5.48. The largest absolute Gasteiger partial charge is 0.361 e. The summed E-state index contributed by atoms with van der Waals surface area (Å²) >= 11 is 0. The fraction of sp³-hybridized carbons (Fsp3) is 0.875. The van der Waals surface area contributed by atoms with E-state index in [-0.39, 0.29) is 12.5 Å². The van der Waals surface area contributed by atoms with Crippen molar-refractivity contribution in [1.29, 1.82) is 0 Å². The highest BCUT2D eigenvalue weighted by Crippen LogP contribution is 2.21. The fourth-order valence-corrected chi connectivity index (χ4v) is 1.57. The SMILES string of the molecule is COC1CCCC(OC)N1C=O. The smallest absolute Gasteiger partial charge is 0.213 e. The average Bonchev–Trinajstić information content (AvgIpc) is 2.16. The lowest BCUT2D eigenvalue weighted by atomic mass is 10.1. The van der Waals surface area contributed by atoms with Gasteiger partial charge in [0, 0.05) is 14.2 Å². The molecule has 1 fully saturated rings. The molecule has 2 unspecified atom stereocenters. The van der Waals surface area contributed by atoms with Gasteiger partial charge in [-0.25, -0.2) is 0 Å². The van der Waals surface area contributed by atoms with Crippen molar-refractivity contribution in [2.75, 3.05) is 14.2 Å². The van der Waals surface area contributed by atoms with Crippen LogP contribution in [0.1, 0.15) is 19.3 Å². The van der Waals surface area contributed by atoms with Gasteiger partial charge in [-0.3, -0.25) is 9.69 Å². The Bertz CT molecular complexity index is 139. The van der Waals surface area contributed by atoms with Gasteiger partial charge in [0.1, 0.15) is 12.5 Å². The number of amides is 1. The van der Waals surface area contributed by atoms with Gasteiger partial charge in [-0.1, -0.05) is 0 Å². The van der Waals surface area contributed by atoms with Crippen molar-refractivity contribution in [3.63, 3.8) is 0 Å². The maximum atomic E-state index is 10.7. The molecule has 1 heterocycles. The molecule has 12 heavy (non-hydrogen) atoms. The van der Waals surface area contributed by atoms with Crippen LogP contribution < -0.4 is 0 Å². The van der Waals surface area contributed by atoms with Gasteiger partial charge in [-0.05, 0) is 19.3 Å². The zero-order chi connectivity index (χ0) is 8.97. The van der Waals surface area contributed by atoms with E-state index in [0.29, 0.717) is 0 Å². The Kier molecular flexibility index (Phi) is 3.49. The molecule has 0 aromatic heterocycles. The second-order valence-corrected chi connectivity index (χ2v) is 2.86. The van der Waals surface area contributed by atoms with Crippen LogP contribution in [-0.2, 0) is 14.3 Å². The molecule has 0 bridgehead atoms. The predicted octanol–water partition coefficient (Wildman–Crippen LogP) is 0.574. The van der Waals surface area contributed by atoms with E-state index >= 15 is 0 Å². The van der Waals surface area contributed by atoms with Crippen LogP contribution >= 0.6 is 0 Å². The van der Waals surface area contributed by atoms with Crippen LogP contribution in [0.4, 0.5) is 0 Å². The summed E-state index contributed by atoms with van der Waals surface area (Å²) in [6.45, 7) is 0. The van der Waals surface area contributed by atoms with E-state index < -0.39 is 0 Å². The van der Waals surface area contributed by atoms with Crippen LogP contribution in [0.3, 0.4) is 0 Å². The van der Waals surface area contributed by atoms with Gasteiger partial charge in [-0.2, -0.15) is 0 Å². The molecule has 0 N–H and O–H groups in total. The minimum absolute atomic E-state index is 0.110. The number of methoxy groups -OCH3 is 2. The molecule has 4 heteroatoms. The molecule has 70 valence electrons. The third-order valence-corrected chi connectivity index (χ3v) is 2.23. The number of hydrogen-bond acceptors (Lipinski definition) is 3. The van der Waals surface area contributed by atoms with Crippen molar-refractivity contribution in [3.8, 4) is 0 Å². The molecule has 1 aliphatic heterocycles. The second-order valence-electron chi connectivity index (χ2n) is 2.86. The van der Waals surface area contributed by atoms with Crippen molar-refractivity contribution in [2.24, 2.45) is 0 Å². The van der Waals surface area contributed by atoms with Crippen molar-refractivity contribution < 1.29 is 14.3 Å². The van der Waals surface area contributed by atoms with E-state index in [1.54, 1.807) is 19.1 Å². The van der Waals surface area contributed by atoms with E-state index in [0.717, 1.165) is 25.7 Å². The van der Waals surface area contributed by atoms with Crippen LogP contribution in [0.15, 0.2) is 0 Å². The van der Waals surface area contributed by atoms with Gasteiger partial charge in [0.15, 0.2) is 0 Å². The molecule has 2 atom stereocenters. The Hall–Kier alpha value is -0.610. The Balaban J connectivity index is 2.58. The molecule has 0 aromatic carbocycles. The third kappa shape index (κ3) is 1.76. The summed E-state index contributed by atoms with van der Waals surface area (Å²) in [5, 5.41) is 0. The number of rotatable bonds is 3. The molecule has 0 saturated carbocycles. The first-order valence-corrected chi connectivity index (χ1v) is 4.11. The third-order valence-electron chi connectivity index (χ3n) is 2.23. The van der Waals surface area contributed by atoms with Gasteiger partial charge in [-0.15, -0.1) is 0 Å². The molecular formula is C8H15NO3. The highest BCUT2D eigenvalue weighted by Gasteiger charge is 2.28. The number of piperidine rings is 1. The highest BCUT2D eigenvalue weighted by atomic mass is 16.5. The lowest BCUT2D eigenvalue weighted by Crippen LogP contribution is -2.47. The Labute approximate surface area is 72.4 Å². The van der Waals surface area contributed by atoms with E-state index in [9.17, 15) is 4.79 Å². The number of ether oxygens (including phenoxy) is 2. The molecule has 1 saturated heterocycles. The standard InChI is InChI=1S/C8H15NO3/c1-11-7-4-3-5-8(12-2)9(7)6-10/h6-8H,3-5H2,1-2H3. The molecule has 1 aliphatic rings.